The van der Waals surface area contributed by atoms with E-state index in [1.807, 2.05) is 42.6 Å². The number of aromatic nitrogens is 2. The lowest BCUT2D eigenvalue weighted by Crippen LogP contribution is -2.01. The fourth-order valence-corrected chi connectivity index (χ4v) is 2.32. The molecule has 2 heterocycles. The quantitative estimate of drug-likeness (QED) is 0.730. The average Bonchev–Trinajstić information content (AvgIpc) is 2.90. The lowest BCUT2D eigenvalue weighted by Gasteiger charge is -2.09. The summed E-state index contributed by atoms with van der Waals surface area (Å²) in [6, 6.07) is 13.8. The van der Waals surface area contributed by atoms with Crippen LogP contribution in [0.2, 0.25) is 0 Å². The van der Waals surface area contributed by atoms with Crippen LogP contribution in [-0.4, -0.2) is 16.7 Å². The molecule has 0 N–H and O–H groups in total. The summed E-state index contributed by atoms with van der Waals surface area (Å²) < 4.78 is 7.40. The normalized spacial score (nSPS) is 10.4. The fraction of sp³-hybridized carbons (Fsp3) is 0.125. The Labute approximate surface area is 116 Å². The van der Waals surface area contributed by atoms with Gasteiger partial charge in [-0.3, -0.25) is 0 Å². The minimum absolute atomic E-state index is 0.642. The van der Waals surface area contributed by atoms with E-state index in [9.17, 15) is 0 Å². The number of nitriles is 1. The summed E-state index contributed by atoms with van der Waals surface area (Å²) in [4.78, 5) is 4.21. The maximum Gasteiger partial charge on any atom is 0.218 e. The van der Waals surface area contributed by atoms with Gasteiger partial charge in [-0.05, 0) is 30.3 Å². The second-order valence-electron chi connectivity index (χ2n) is 4.50. The maximum atomic E-state index is 8.93. The molecule has 0 fully saturated rings. The number of rotatable bonds is 3. The zero-order chi connectivity index (χ0) is 13.9. The smallest absolute Gasteiger partial charge is 0.218 e. The van der Waals surface area contributed by atoms with Crippen LogP contribution < -0.4 is 4.74 Å². The molecule has 4 heteroatoms. The van der Waals surface area contributed by atoms with Gasteiger partial charge in [0.05, 0.1) is 25.3 Å². The van der Waals surface area contributed by atoms with Gasteiger partial charge in [0.15, 0.2) is 0 Å². The SMILES string of the molecule is COc1ncccc1Cn1ccc2cc(C#N)ccc21. The molecule has 20 heavy (non-hydrogen) atoms. The number of nitrogens with zero attached hydrogens (tertiary/aromatic N) is 3. The Morgan fingerprint density at radius 2 is 2.20 bits per heavy atom. The molecule has 0 spiro atoms. The molecule has 4 nitrogen and oxygen atoms in total. The van der Waals surface area contributed by atoms with E-state index in [0.29, 0.717) is 18.0 Å². The molecule has 0 radical (unpaired) electrons. The van der Waals surface area contributed by atoms with Crippen LogP contribution in [0.25, 0.3) is 10.9 Å². The van der Waals surface area contributed by atoms with Crippen molar-refractivity contribution in [3.05, 3.63) is 59.9 Å². The number of fused-ring (bicyclic) bond motifs is 1. The number of hydrogen-bond donors (Lipinski definition) is 0. The molecule has 0 atom stereocenters. The highest BCUT2D eigenvalue weighted by Crippen LogP contribution is 2.21. The maximum absolute atomic E-state index is 8.93. The van der Waals surface area contributed by atoms with Crippen molar-refractivity contribution in [1.29, 1.82) is 5.26 Å². The predicted molar refractivity (Wildman–Crippen MR) is 76.5 cm³/mol. The lowest BCUT2D eigenvalue weighted by molar-refractivity contribution is 0.391. The van der Waals surface area contributed by atoms with Crippen LogP contribution in [0, 0.1) is 11.3 Å². The molecule has 0 aliphatic heterocycles. The Balaban J connectivity index is 2.01. The Bertz CT molecular complexity index is 799. The highest BCUT2D eigenvalue weighted by molar-refractivity contribution is 5.81. The van der Waals surface area contributed by atoms with Crippen molar-refractivity contribution >= 4 is 10.9 Å². The lowest BCUT2D eigenvalue weighted by atomic mass is 10.2. The summed E-state index contributed by atoms with van der Waals surface area (Å²) in [5.74, 6) is 0.642. The van der Waals surface area contributed by atoms with E-state index in [1.54, 1.807) is 13.3 Å². The zero-order valence-electron chi connectivity index (χ0n) is 11.1. The third-order valence-corrected chi connectivity index (χ3v) is 3.28. The topological polar surface area (TPSA) is 50.8 Å². The summed E-state index contributed by atoms with van der Waals surface area (Å²) in [5, 5.41) is 9.99. The van der Waals surface area contributed by atoms with Gasteiger partial charge in [0.2, 0.25) is 5.88 Å². The van der Waals surface area contributed by atoms with E-state index in [4.69, 9.17) is 10.00 Å². The van der Waals surface area contributed by atoms with Crippen LogP contribution >= 0.6 is 0 Å². The standard InChI is InChI=1S/C16H13N3O/c1-20-16-14(3-2-7-18-16)11-19-8-6-13-9-12(10-17)4-5-15(13)19/h2-9H,11H2,1H3. The molecule has 1 aromatic carbocycles. The summed E-state index contributed by atoms with van der Waals surface area (Å²) in [6.07, 6.45) is 3.73. The number of hydrogen-bond acceptors (Lipinski definition) is 3. The molecule has 0 aliphatic rings. The van der Waals surface area contributed by atoms with Gasteiger partial charge in [0.25, 0.3) is 0 Å². The first-order chi connectivity index (χ1) is 9.81. The molecule has 98 valence electrons. The molecular weight excluding hydrogens is 250 g/mol. The van der Waals surface area contributed by atoms with Crippen molar-refractivity contribution in [1.82, 2.24) is 9.55 Å². The summed E-state index contributed by atoms with van der Waals surface area (Å²) >= 11 is 0. The highest BCUT2D eigenvalue weighted by atomic mass is 16.5. The summed E-state index contributed by atoms with van der Waals surface area (Å²) in [6.45, 7) is 0.687. The third-order valence-electron chi connectivity index (χ3n) is 3.28. The van der Waals surface area contributed by atoms with Crippen molar-refractivity contribution in [2.45, 2.75) is 6.54 Å². The van der Waals surface area contributed by atoms with Gasteiger partial charge in [-0.25, -0.2) is 4.98 Å². The Hall–Kier alpha value is -2.80. The van der Waals surface area contributed by atoms with Crippen molar-refractivity contribution < 1.29 is 4.74 Å². The van der Waals surface area contributed by atoms with Crippen molar-refractivity contribution in [2.75, 3.05) is 7.11 Å². The van der Waals surface area contributed by atoms with E-state index < -0.39 is 0 Å². The van der Waals surface area contributed by atoms with Gasteiger partial charge < -0.3 is 9.30 Å². The van der Waals surface area contributed by atoms with Crippen LogP contribution in [0.3, 0.4) is 0 Å². The van der Waals surface area contributed by atoms with Gasteiger partial charge >= 0.3 is 0 Å². The van der Waals surface area contributed by atoms with Crippen LogP contribution in [-0.2, 0) is 6.54 Å². The zero-order valence-corrected chi connectivity index (χ0v) is 11.1. The Morgan fingerprint density at radius 3 is 3.00 bits per heavy atom. The van der Waals surface area contributed by atoms with E-state index in [1.165, 1.54) is 0 Å². The first-order valence-corrected chi connectivity index (χ1v) is 6.28. The minimum atomic E-state index is 0.642. The molecule has 0 bridgehead atoms. The highest BCUT2D eigenvalue weighted by Gasteiger charge is 2.07. The van der Waals surface area contributed by atoms with E-state index in [-0.39, 0.29) is 0 Å². The number of pyridine rings is 1. The van der Waals surface area contributed by atoms with Gasteiger partial charge in [-0.15, -0.1) is 0 Å². The monoisotopic (exact) mass is 263 g/mol. The first-order valence-electron chi connectivity index (χ1n) is 6.28. The molecule has 3 rings (SSSR count). The predicted octanol–water partition coefficient (Wildman–Crippen LogP) is 2.96. The number of benzene rings is 1. The molecule has 3 aromatic rings. The van der Waals surface area contributed by atoms with Gasteiger partial charge in [0, 0.05) is 28.9 Å². The Kier molecular flexibility index (Phi) is 3.10. The van der Waals surface area contributed by atoms with Gasteiger partial charge in [-0.2, -0.15) is 5.26 Å². The van der Waals surface area contributed by atoms with Crippen LogP contribution in [0.1, 0.15) is 11.1 Å². The molecule has 0 amide bonds. The second-order valence-corrected chi connectivity index (χ2v) is 4.50. The van der Waals surface area contributed by atoms with Crippen molar-refractivity contribution in [2.24, 2.45) is 0 Å². The van der Waals surface area contributed by atoms with Gasteiger partial charge in [-0.1, -0.05) is 6.07 Å². The fourth-order valence-electron chi connectivity index (χ4n) is 2.32. The number of methoxy groups -OCH3 is 1. The first kappa shape index (κ1) is 12.2. The van der Waals surface area contributed by atoms with Crippen molar-refractivity contribution in [3.8, 4) is 11.9 Å². The van der Waals surface area contributed by atoms with Gasteiger partial charge in [0.1, 0.15) is 0 Å². The summed E-state index contributed by atoms with van der Waals surface area (Å²) in [5.41, 5.74) is 2.79. The van der Waals surface area contributed by atoms with Crippen LogP contribution in [0.4, 0.5) is 0 Å². The molecule has 0 unspecified atom stereocenters. The molecule has 2 aromatic heterocycles. The van der Waals surface area contributed by atoms with E-state index in [2.05, 4.69) is 15.6 Å². The summed E-state index contributed by atoms with van der Waals surface area (Å²) in [7, 11) is 1.62. The molecule has 0 saturated carbocycles. The average molecular weight is 263 g/mol. The largest absolute Gasteiger partial charge is 0.481 e. The Morgan fingerprint density at radius 1 is 1.30 bits per heavy atom. The van der Waals surface area contributed by atoms with E-state index in [0.717, 1.165) is 16.5 Å². The third kappa shape index (κ3) is 2.10. The van der Waals surface area contributed by atoms with Crippen molar-refractivity contribution in [3.63, 3.8) is 0 Å². The molecule has 0 aliphatic carbocycles. The van der Waals surface area contributed by atoms with Crippen LogP contribution in [0.15, 0.2) is 48.8 Å². The molecule has 0 saturated heterocycles. The second kappa shape index (κ2) is 5.06. The molecular formula is C16H13N3O. The minimum Gasteiger partial charge on any atom is -0.481 e. The number of ether oxygens (including phenoxy) is 1. The van der Waals surface area contributed by atoms with Crippen LogP contribution in [0.5, 0.6) is 5.88 Å². The van der Waals surface area contributed by atoms with E-state index >= 15 is 0 Å².